The second-order valence-corrected chi connectivity index (χ2v) is 9.85. The van der Waals surface area contributed by atoms with E-state index in [1.807, 2.05) is 4.90 Å². The molecule has 2 N–H and O–H groups in total. The zero-order valence-electron chi connectivity index (χ0n) is 18.0. The Balaban J connectivity index is 1.76. The molecule has 2 aliphatic carbocycles. The second-order valence-electron chi connectivity index (χ2n) is 9.85. The van der Waals surface area contributed by atoms with Crippen LogP contribution in [0.25, 0.3) is 0 Å². The maximum Gasteiger partial charge on any atom is 0.248 e. The van der Waals surface area contributed by atoms with E-state index in [9.17, 15) is 14.9 Å². The summed E-state index contributed by atoms with van der Waals surface area (Å²) in [4.78, 5) is 29.7. The van der Waals surface area contributed by atoms with Crippen LogP contribution < -0.4 is 10.6 Å². The SMILES string of the molecule is C[C@H]1CC2(CCCC2)N2C(=O)[C@]3(C(C#N)=C(N)OC4=C3C(=O)CCC4)c3cc(F)cc1c32. The van der Waals surface area contributed by atoms with Gasteiger partial charge in [-0.1, -0.05) is 19.8 Å². The van der Waals surface area contributed by atoms with Crippen LogP contribution in [-0.4, -0.2) is 17.2 Å². The Morgan fingerprint density at radius 1 is 1.22 bits per heavy atom. The molecule has 32 heavy (non-hydrogen) atoms. The molecule has 6 rings (SSSR count). The smallest absolute Gasteiger partial charge is 0.248 e. The van der Waals surface area contributed by atoms with Crippen LogP contribution in [0.2, 0.25) is 0 Å². The molecular formula is C25H24FN3O3. The lowest BCUT2D eigenvalue weighted by atomic mass is 9.65. The quantitative estimate of drug-likeness (QED) is 0.668. The van der Waals surface area contributed by atoms with E-state index in [4.69, 9.17) is 10.5 Å². The van der Waals surface area contributed by atoms with Gasteiger partial charge in [-0.15, -0.1) is 0 Å². The van der Waals surface area contributed by atoms with Crippen molar-refractivity contribution in [2.75, 3.05) is 4.90 Å². The number of rotatable bonds is 0. The van der Waals surface area contributed by atoms with E-state index in [0.717, 1.165) is 37.7 Å². The Bertz CT molecular complexity index is 1220. The highest BCUT2D eigenvalue weighted by molar-refractivity contribution is 6.21. The Labute approximate surface area is 185 Å². The van der Waals surface area contributed by atoms with Gasteiger partial charge in [0, 0.05) is 23.9 Å². The van der Waals surface area contributed by atoms with Crippen LogP contribution >= 0.6 is 0 Å². The van der Waals surface area contributed by atoms with E-state index >= 15 is 4.39 Å². The fraction of sp³-hybridized carbons (Fsp3) is 0.480. The van der Waals surface area contributed by atoms with Crippen LogP contribution in [0.1, 0.15) is 75.3 Å². The molecule has 1 amide bonds. The maximum absolute atomic E-state index is 15.0. The van der Waals surface area contributed by atoms with Crippen molar-refractivity contribution in [3.63, 3.8) is 0 Å². The van der Waals surface area contributed by atoms with Gasteiger partial charge in [0.05, 0.1) is 11.3 Å². The number of hydrogen-bond acceptors (Lipinski definition) is 5. The first kappa shape index (κ1) is 19.5. The molecule has 7 heteroatoms. The van der Waals surface area contributed by atoms with Crippen LogP contribution in [0.3, 0.4) is 0 Å². The van der Waals surface area contributed by atoms with Gasteiger partial charge in [-0.25, -0.2) is 4.39 Å². The summed E-state index contributed by atoms with van der Waals surface area (Å²) in [6.07, 6.45) is 5.76. The summed E-state index contributed by atoms with van der Waals surface area (Å²) in [6, 6.07) is 4.91. The van der Waals surface area contributed by atoms with Crippen molar-refractivity contribution in [2.45, 2.75) is 75.2 Å². The van der Waals surface area contributed by atoms with Crippen LogP contribution in [0.15, 0.2) is 34.9 Å². The highest BCUT2D eigenvalue weighted by atomic mass is 19.1. The van der Waals surface area contributed by atoms with Crippen molar-refractivity contribution in [2.24, 2.45) is 5.73 Å². The van der Waals surface area contributed by atoms with Crippen LogP contribution in [-0.2, 0) is 19.7 Å². The number of allylic oxidation sites excluding steroid dienone is 1. The number of hydrogen-bond donors (Lipinski definition) is 1. The Morgan fingerprint density at radius 3 is 2.69 bits per heavy atom. The molecule has 2 atom stereocenters. The summed E-state index contributed by atoms with van der Waals surface area (Å²) in [7, 11) is 0. The summed E-state index contributed by atoms with van der Waals surface area (Å²) < 4.78 is 20.8. The summed E-state index contributed by atoms with van der Waals surface area (Å²) in [6.45, 7) is 2.07. The van der Waals surface area contributed by atoms with E-state index in [1.165, 1.54) is 12.1 Å². The van der Waals surface area contributed by atoms with E-state index in [1.54, 1.807) is 0 Å². The lowest BCUT2D eigenvalue weighted by Gasteiger charge is -2.47. The molecule has 164 valence electrons. The first-order valence-electron chi connectivity index (χ1n) is 11.4. The Hall–Kier alpha value is -3.14. The van der Waals surface area contributed by atoms with Gasteiger partial charge < -0.3 is 15.4 Å². The van der Waals surface area contributed by atoms with Gasteiger partial charge in [0.2, 0.25) is 11.8 Å². The van der Waals surface area contributed by atoms with Gasteiger partial charge in [0.15, 0.2) is 5.78 Å². The van der Waals surface area contributed by atoms with Crippen molar-refractivity contribution in [1.82, 2.24) is 0 Å². The molecule has 1 aromatic rings. The van der Waals surface area contributed by atoms with Crippen molar-refractivity contribution < 1.29 is 18.7 Å². The van der Waals surface area contributed by atoms with Gasteiger partial charge in [0.25, 0.3) is 0 Å². The predicted octanol–water partition coefficient (Wildman–Crippen LogP) is 3.96. The number of Topliss-reactive ketones (excluding diaryl/α,β-unsaturated/α-hetero) is 1. The third-order valence-corrected chi connectivity index (χ3v) is 8.19. The molecule has 0 bridgehead atoms. The number of ketones is 1. The van der Waals surface area contributed by atoms with Crippen LogP contribution in [0, 0.1) is 17.1 Å². The molecule has 3 aliphatic heterocycles. The molecule has 3 heterocycles. The van der Waals surface area contributed by atoms with Crippen molar-refractivity contribution in [3.05, 3.63) is 51.9 Å². The number of anilines is 1. The van der Waals surface area contributed by atoms with Crippen molar-refractivity contribution in [3.8, 4) is 6.07 Å². The van der Waals surface area contributed by atoms with Crippen LogP contribution in [0.4, 0.5) is 10.1 Å². The molecule has 0 aromatic heterocycles. The number of benzene rings is 1. The number of fused-ring (bicyclic) bond motifs is 3. The molecular weight excluding hydrogens is 409 g/mol. The number of carbonyl (C=O) groups excluding carboxylic acids is 2. The number of nitrogens with zero attached hydrogens (tertiary/aromatic N) is 2. The number of amides is 1. The number of nitriles is 1. The van der Waals surface area contributed by atoms with Gasteiger partial charge in [0.1, 0.15) is 28.6 Å². The van der Waals surface area contributed by atoms with Crippen molar-refractivity contribution >= 4 is 17.4 Å². The summed E-state index contributed by atoms with van der Waals surface area (Å²) in [5.41, 5.74) is 5.97. The lowest BCUT2D eigenvalue weighted by Crippen LogP contribution is -2.57. The number of carbonyl (C=O) groups is 2. The fourth-order valence-corrected chi connectivity index (χ4v) is 7.05. The topological polar surface area (TPSA) is 96.4 Å². The van der Waals surface area contributed by atoms with Gasteiger partial charge in [-0.3, -0.25) is 9.59 Å². The minimum atomic E-state index is -1.73. The summed E-state index contributed by atoms with van der Waals surface area (Å²) in [5, 5.41) is 10.2. The molecule has 2 spiro atoms. The molecule has 1 aromatic carbocycles. The summed E-state index contributed by atoms with van der Waals surface area (Å²) in [5.74, 6) is -0.822. The Kier molecular flexibility index (Phi) is 3.80. The first-order chi connectivity index (χ1) is 15.3. The second kappa shape index (κ2) is 6.22. The van der Waals surface area contributed by atoms with Gasteiger partial charge in [-0.2, -0.15) is 5.26 Å². The highest BCUT2D eigenvalue weighted by Gasteiger charge is 2.66. The third kappa shape index (κ3) is 2.08. The summed E-state index contributed by atoms with van der Waals surface area (Å²) >= 11 is 0. The predicted molar refractivity (Wildman–Crippen MR) is 114 cm³/mol. The van der Waals surface area contributed by atoms with Crippen molar-refractivity contribution in [1.29, 1.82) is 5.26 Å². The highest BCUT2D eigenvalue weighted by Crippen LogP contribution is 2.63. The largest absolute Gasteiger partial charge is 0.444 e. The standard InChI is InChI=1S/C25H24FN3O3/c1-13-11-24(7-2-3-8-24)29-21-15(13)9-14(26)10-16(21)25(23(29)31)17(12-27)22(28)32-19-6-4-5-18(30)20(19)25/h9-10,13H,2-8,11,28H2,1H3/t13-,25-/m0/s1. The number of halogens is 1. The van der Waals surface area contributed by atoms with E-state index in [0.29, 0.717) is 29.9 Å². The minimum absolute atomic E-state index is 0.0546. The molecule has 0 unspecified atom stereocenters. The minimum Gasteiger partial charge on any atom is -0.444 e. The molecule has 0 radical (unpaired) electrons. The van der Waals surface area contributed by atoms with Crippen LogP contribution in [0.5, 0.6) is 0 Å². The molecule has 1 saturated carbocycles. The zero-order valence-corrected chi connectivity index (χ0v) is 18.0. The van der Waals surface area contributed by atoms with E-state index in [2.05, 4.69) is 13.0 Å². The molecule has 0 saturated heterocycles. The first-order valence-corrected chi connectivity index (χ1v) is 11.4. The Morgan fingerprint density at radius 2 is 1.97 bits per heavy atom. The monoisotopic (exact) mass is 433 g/mol. The van der Waals surface area contributed by atoms with Gasteiger partial charge in [-0.05, 0) is 49.3 Å². The lowest BCUT2D eigenvalue weighted by molar-refractivity contribution is -0.125. The third-order valence-electron chi connectivity index (χ3n) is 8.19. The maximum atomic E-state index is 15.0. The molecule has 1 fully saturated rings. The number of nitrogens with two attached hydrogens (primary N) is 1. The van der Waals surface area contributed by atoms with E-state index in [-0.39, 0.29) is 46.6 Å². The average molecular weight is 433 g/mol. The van der Waals surface area contributed by atoms with E-state index < -0.39 is 11.2 Å². The average Bonchev–Trinajstić information content (AvgIpc) is 3.30. The normalized spacial score (nSPS) is 30.0. The number of ether oxygens (including phenoxy) is 1. The molecule has 6 nitrogen and oxygen atoms in total. The molecule has 5 aliphatic rings. The fourth-order valence-electron chi connectivity index (χ4n) is 7.05. The van der Waals surface area contributed by atoms with Gasteiger partial charge >= 0.3 is 0 Å². The zero-order chi connectivity index (χ0) is 22.4.